The van der Waals surface area contributed by atoms with Gasteiger partial charge in [-0.3, -0.25) is 4.79 Å². The van der Waals surface area contributed by atoms with Crippen LogP contribution in [-0.2, 0) is 4.79 Å². The van der Waals surface area contributed by atoms with E-state index in [9.17, 15) is 4.79 Å². The molecule has 1 aliphatic heterocycles. The molecule has 2 rings (SSSR count). The van der Waals surface area contributed by atoms with Crippen molar-refractivity contribution < 1.29 is 4.79 Å². The van der Waals surface area contributed by atoms with Crippen LogP contribution in [0, 0.1) is 0 Å². The first-order valence-electron chi connectivity index (χ1n) is 7.06. The van der Waals surface area contributed by atoms with Crippen molar-refractivity contribution >= 4 is 29.1 Å². The van der Waals surface area contributed by atoms with E-state index >= 15 is 0 Å². The third kappa shape index (κ3) is 4.11. The summed E-state index contributed by atoms with van der Waals surface area (Å²) >= 11 is 12.1. The fourth-order valence-corrected chi connectivity index (χ4v) is 3.07. The Morgan fingerprint density at radius 3 is 2.90 bits per heavy atom. The number of nitrogens with one attached hydrogen (secondary N) is 2. The monoisotopic (exact) mass is 314 g/mol. The fraction of sp³-hybridized carbons (Fsp3) is 0.533. The molecule has 0 radical (unpaired) electrons. The number of benzene rings is 1. The minimum absolute atomic E-state index is 0.0467. The molecule has 1 amide bonds. The van der Waals surface area contributed by atoms with Crippen LogP contribution in [0.1, 0.15) is 44.2 Å². The standard InChI is InChI=1S/C15H20Cl2N2O/c1-10(12-7-6-11(16)9-13(12)17)19-15(20)14-5-3-2-4-8-18-14/h6-7,9-10,14,18H,2-5,8H2,1H3,(H,19,20). The van der Waals surface area contributed by atoms with Crippen LogP contribution >= 0.6 is 23.2 Å². The number of carbonyl (C=O) groups is 1. The zero-order chi connectivity index (χ0) is 14.5. The number of hydrogen-bond donors (Lipinski definition) is 2. The minimum atomic E-state index is -0.127. The van der Waals surface area contributed by atoms with Crippen molar-refractivity contribution in [2.75, 3.05) is 6.54 Å². The smallest absolute Gasteiger partial charge is 0.237 e. The van der Waals surface area contributed by atoms with E-state index in [-0.39, 0.29) is 18.0 Å². The molecule has 0 aliphatic carbocycles. The molecule has 2 N–H and O–H groups in total. The second kappa shape index (κ2) is 7.30. The van der Waals surface area contributed by atoms with Gasteiger partial charge in [-0.25, -0.2) is 0 Å². The number of hydrogen-bond acceptors (Lipinski definition) is 2. The summed E-state index contributed by atoms with van der Waals surface area (Å²) < 4.78 is 0. The summed E-state index contributed by atoms with van der Waals surface area (Å²) in [4.78, 5) is 12.3. The van der Waals surface area contributed by atoms with Gasteiger partial charge in [-0.2, -0.15) is 0 Å². The third-order valence-corrected chi connectivity index (χ3v) is 4.23. The van der Waals surface area contributed by atoms with E-state index in [4.69, 9.17) is 23.2 Å². The maximum atomic E-state index is 12.3. The zero-order valence-electron chi connectivity index (χ0n) is 11.6. The van der Waals surface area contributed by atoms with E-state index < -0.39 is 0 Å². The number of halogens is 2. The van der Waals surface area contributed by atoms with Crippen molar-refractivity contribution in [2.24, 2.45) is 0 Å². The van der Waals surface area contributed by atoms with Gasteiger partial charge < -0.3 is 10.6 Å². The van der Waals surface area contributed by atoms with Crippen molar-refractivity contribution in [3.05, 3.63) is 33.8 Å². The van der Waals surface area contributed by atoms with Gasteiger partial charge in [0.15, 0.2) is 0 Å². The predicted molar refractivity (Wildman–Crippen MR) is 83.3 cm³/mol. The molecule has 20 heavy (non-hydrogen) atoms. The molecule has 110 valence electrons. The molecule has 2 atom stereocenters. The van der Waals surface area contributed by atoms with Crippen LogP contribution in [0.5, 0.6) is 0 Å². The van der Waals surface area contributed by atoms with Crippen molar-refractivity contribution in [3.8, 4) is 0 Å². The number of rotatable bonds is 3. The molecule has 1 aliphatic rings. The van der Waals surface area contributed by atoms with E-state index in [0.717, 1.165) is 31.4 Å². The Labute approximate surface area is 130 Å². The van der Waals surface area contributed by atoms with E-state index in [1.165, 1.54) is 6.42 Å². The number of amides is 1. The summed E-state index contributed by atoms with van der Waals surface area (Å²) in [6.45, 7) is 2.85. The van der Waals surface area contributed by atoms with Gasteiger partial charge in [-0.15, -0.1) is 0 Å². The molecular formula is C15H20Cl2N2O. The second-order valence-corrected chi connectivity index (χ2v) is 6.10. The average molecular weight is 315 g/mol. The Morgan fingerprint density at radius 2 is 2.15 bits per heavy atom. The van der Waals surface area contributed by atoms with Gasteiger partial charge in [0.25, 0.3) is 0 Å². The molecule has 1 saturated heterocycles. The first-order chi connectivity index (χ1) is 9.58. The Bertz CT molecular complexity index is 471. The van der Waals surface area contributed by atoms with Gasteiger partial charge in [0.05, 0.1) is 12.1 Å². The molecule has 0 spiro atoms. The van der Waals surface area contributed by atoms with Gasteiger partial charge in [0.2, 0.25) is 5.91 Å². The second-order valence-electron chi connectivity index (χ2n) is 5.25. The highest BCUT2D eigenvalue weighted by molar-refractivity contribution is 6.35. The van der Waals surface area contributed by atoms with Gasteiger partial charge in [-0.1, -0.05) is 42.1 Å². The largest absolute Gasteiger partial charge is 0.348 e. The lowest BCUT2D eigenvalue weighted by atomic mass is 10.1. The Morgan fingerprint density at radius 1 is 1.35 bits per heavy atom. The normalized spacial score (nSPS) is 21.1. The lowest BCUT2D eigenvalue weighted by Crippen LogP contribution is -2.44. The highest BCUT2D eigenvalue weighted by atomic mass is 35.5. The van der Waals surface area contributed by atoms with Crippen molar-refractivity contribution in [2.45, 2.75) is 44.7 Å². The topological polar surface area (TPSA) is 41.1 Å². The van der Waals surface area contributed by atoms with Gasteiger partial charge >= 0.3 is 0 Å². The highest BCUT2D eigenvalue weighted by Crippen LogP contribution is 2.26. The maximum Gasteiger partial charge on any atom is 0.237 e. The van der Waals surface area contributed by atoms with E-state index in [2.05, 4.69) is 10.6 Å². The molecule has 1 heterocycles. The molecular weight excluding hydrogens is 295 g/mol. The van der Waals surface area contributed by atoms with E-state index in [1.54, 1.807) is 12.1 Å². The van der Waals surface area contributed by atoms with Crippen LogP contribution in [0.2, 0.25) is 10.0 Å². The predicted octanol–water partition coefficient (Wildman–Crippen LogP) is 3.70. The van der Waals surface area contributed by atoms with E-state index in [0.29, 0.717) is 10.0 Å². The van der Waals surface area contributed by atoms with Crippen molar-refractivity contribution in [3.63, 3.8) is 0 Å². The molecule has 5 heteroatoms. The van der Waals surface area contributed by atoms with Crippen molar-refractivity contribution in [1.82, 2.24) is 10.6 Å². The molecule has 0 aromatic heterocycles. The van der Waals surface area contributed by atoms with Crippen molar-refractivity contribution in [1.29, 1.82) is 0 Å². The van der Waals surface area contributed by atoms with E-state index in [1.807, 2.05) is 13.0 Å². The molecule has 2 unspecified atom stereocenters. The average Bonchev–Trinajstić information content (AvgIpc) is 2.67. The van der Waals surface area contributed by atoms with Crippen LogP contribution < -0.4 is 10.6 Å². The summed E-state index contributed by atoms with van der Waals surface area (Å²) in [5, 5.41) is 7.50. The van der Waals surface area contributed by atoms with Crippen LogP contribution in [0.15, 0.2) is 18.2 Å². The van der Waals surface area contributed by atoms with Crippen LogP contribution in [0.4, 0.5) is 0 Å². The zero-order valence-corrected chi connectivity index (χ0v) is 13.1. The summed E-state index contributed by atoms with van der Waals surface area (Å²) in [6.07, 6.45) is 4.33. The Hall–Kier alpha value is -0.770. The first kappa shape index (κ1) is 15.6. The third-order valence-electron chi connectivity index (χ3n) is 3.66. The Kier molecular flexibility index (Phi) is 5.70. The molecule has 1 aromatic rings. The molecule has 1 aromatic carbocycles. The highest BCUT2D eigenvalue weighted by Gasteiger charge is 2.21. The van der Waals surface area contributed by atoms with Crippen LogP contribution in [-0.4, -0.2) is 18.5 Å². The summed E-state index contributed by atoms with van der Waals surface area (Å²) in [7, 11) is 0. The quantitative estimate of drug-likeness (QED) is 0.893. The molecule has 1 fully saturated rings. The summed E-state index contributed by atoms with van der Waals surface area (Å²) in [5.41, 5.74) is 0.887. The first-order valence-corrected chi connectivity index (χ1v) is 7.82. The Balaban J connectivity index is 1.99. The molecule has 3 nitrogen and oxygen atoms in total. The molecule has 0 saturated carbocycles. The van der Waals surface area contributed by atoms with Gasteiger partial charge in [0, 0.05) is 10.0 Å². The van der Waals surface area contributed by atoms with Crippen LogP contribution in [0.3, 0.4) is 0 Å². The van der Waals surface area contributed by atoms with Gasteiger partial charge in [-0.05, 0) is 44.0 Å². The minimum Gasteiger partial charge on any atom is -0.348 e. The SMILES string of the molecule is CC(NC(=O)C1CCCCCN1)c1ccc(Cl)cc1Cl. The summed E-state index contributed by atoms with van der Waals surface area (Å²) in [6, 6.07) is 5.12. The maximum absolute atomic E-state index is 12.3. The number of carbonyl (C=O) groups excluding carboxylic acids is 1. The van der Waals surface area contributed by atoms with Gasteiger partial charge in [0.1, 0.15) is 0 Å². The summed E-state index contributed by atoms with van der Waals surface area (Å²) in [5.74, 6) is 0.0467. The van der Waals surface area contributed by atoms with Crippen LogP contribution in [0.25, 0.3) is 0 Å². The molecule has 0 bridgehead atoms. The fourth-order valence-electron chi connectivity index (χ4n) is 2.50. The lowest BCUT2D eigenvalue weighted by molar-refractivity contribution is -0.123. The lowest BCUT2D eigenvalue weighted by Gasteiger charge is -2.20.